The Hall–Kier alpha value is -3.09. The van der Waals surface area contributed by atoms with E-state index in [4.69, 9.17) is 9.47 Å². The number of hydrogen-bond donors (Lipinski definition) is 2. The highest BCUT2D eigenvalue weighted by Gasteiger charge is 2.11. The van der Waals surface area contributed by atoms with Crippen molar-refractivity contribution in [3.05, 3.63) is 42.2 Å². The maximum absolute atomic E-state index is 12.2. The molecule has 1 aromatic carbocycles. The second kappa shape index (κ2) is 6.35. The minimum Gasteiger partial charge on any atom is -0.497 e. The highest BCUT2D eigenvalue weighted by molar-refractivity contribution is 6.03. The molecular weight excluding hydrogens is 296 g/mol. The SMILES string of the molecule is CCOc1cc(C(=O)Nc2cnc3cc(OC)ccc3c2)[nH]n1. The fraction of sp³-hybridized carbons (Fsp3) is 0.188. The number of H-pyrrole nitrogens is 1. The number of ether oxygens (including phenoxy) is 2. The van der Waals surface area contributed by atoms with Gasteiger partial charge in [0.2, 0.25) is 5.88 Å². The molecule has 0 fully saturated rings. The second-order valence-electron chi connectivity index (χ2n) is 4.79. The Morgan fingerprint density at radius 3 is 2.96 bits per heavy atom. The third-order valence-electron chi connectivity index (χ3n) is 3.24. The smallest absolute Gasteiger partial charge is 0.273 e. The number of pyridine rings is 1. The molecule has 2 aromatic heterocycles. The highest BCUT2D eigenvalue weighted by atomic mass is 16.5. The van der Waals surface area contributed by atoms with Crippen molar-refractivity contribution in [2.45, 2.75) is 6.92 Å². The predicted molar refractivity (Wildman–Crippen MR) is 86.0 cm³/mol. The first kappa shape index (κ1) is 14.8. The lowest BCUT2D eigenvalue weighted by Gasteiger charge is -2.06. The van der Waals surface area contributed by atoms with Crippen LogP contribution in [0.3, 0.4) is 0 Å². The molecule has 3 rings (SSSR count). The molecule has 0 aliphatic carbocycles. The van der Waals surface area contributed by atoms with Gasteiger partial charge in [0.1, 0.15) is 11.4 Å². The first-order valence-corrected chi connectivity index (χ1v) is 7.13. The Morgan fingerprint density at radius 2 is 2.17 bits per heavy atom. The molecule has 3 aromatic rings. The number of carbonyl (C=O) groups is 1. The van der Waals surface area contributed by atoms with Gasteiger partial charge in [-0.15, -0.1) is 5.10 Å². The summed E-state index contributed by atoms with van der Waals surface area (Å²) in [6.07, 6.45) is 1.60. The van der Waals surface area contributed by atoms with Crippen LogP contribution in [0.15, 0.2) is 36.5 Å². The maximum atomic E-state index is 12.2. The lowest BCUT2D eigenvalue weighted by Crippen LogP contribution is -2.12. The van der Waals surface area contributed by atoms with Gasteiger partial charge >= 0.3 is 0 Å². The number of fused-ring (bicyclic) bond motifs is 1. The van der Waals surface area contributed by atoms with Crippen molar-refractivity contribution in [1.29, 1.82) is 0 Å². The number of anilines is 1. The molecule has 7 heteroatoms. The average Bonchev–Trinajstić information content (AvgIpc) is 3.03. The van der Waals surface area contributed by atoms with E-state index in [0.717, 1.165) is 16.7 Å². The van der Waals surface area contributed by atoms with Crippen LogP contribution in [0.25, 0.3) is 10.9 Å². The van der Waals surface area contributed by atoms with E-state index in [1.807, 2.05) is 31.2 Å². The summed E-state index contributed by atoms with van der Waals surface area (Å²) >= 11 is 0. The Kier molecular flexibility index (Phi) is 4.09. The molecular formula is C16H16N4O3. The summed E-state index contributed by atoms with van der Waals surface area (Å²) < 4.78 is 10.4. The second-order valence-corrected chi connectivity index (χ2v) is 4.79. The zero-order valence-electron chi connectivity index (χ0n) is 12.8. The van der Waals surface area contributed by atoms with Crippen LogP contribution in [0, 0.1) is 0 Å². The van der Waals surface area contributed by atoms with Crippen LogP contribution in [-0.4, -0.2) is 34.8 Å². The van der Waals surface area contributed by atoms with Gasteiger partial charge in [-0.3, -0.25) is 14.9 Å². The van der Waals surface area contributed by atoms with Crippen molar-refractivity contribution in [2.24, 2.45) is 0 Å². The van der Waals surface area contributed by atoms with Crippen LogP contribution in [0.1, 0.15) is 17.4 Å². The molecule has 0 radical (unpaired) electrons. The van der Waals surface area contributed by atoms with E-state index in [0.29, 0.717) is 23.9 Å². The lowest BCUT2D eigenvalue weighted by atomic mass is 10.2. The number of amides is 1. The molecule has 1 amide bonds. The number of rotatable bonds is 5. The maximum Gasteiger partial charge on any atom is 0.273 e. The van der Waals surface area contributed by atoms with Crippen molar-refractivity contribution in [3.63, 3.8) is 0 Å². The van der Waals surface area contributed by atoms with Gasteiger partial charge in [0, 0.05) is 17.5 Å². The van der Waals surface area contributed by atoms with E-state index in [9.17, 15) is 4.79 Å². The summed E-state index contributed by atoms with van der Waals surface area (Å²) in [4.78, 5) is 16.5. The third kappa shape index (κ3) is 3.23. The van der Waals surface area contributed by atoms with Crippen LogP contribution in [-0.2, 0) is 0 Å². The van der Waals surface area contributed by atoms with Crippen molar-refractivity contribution in [3.8, 4) is 11.6 Å². The topological polar surface area (TPSA) is 89.1 Å². The Balaban J connectivity index is 1.78. The molecule has 118 valence electrons. The van der Waals surface area contributed by atoms with Crippen molar-refractivity contribution in [2.75, 3.05) is 19.0 Å². The van der Waals surface area contributed by atoms with Crippen LogP contribution in [0.4, 0.5) is 5.69 Å². The molecule has 0 aliphatic rings. The van der Waals surface area contributed by atoms with Crippen LogP contribution in [0.2, 0.25) is 0 Å². The van der Waals surface area contributed by atoms with Gasteiger partial charge in [0.05, 0.1) is 31.1 Å². The zero-order valence-corrected chi connectivity index (χ0v) is 12.8. The monoisotopic (exact) mass is 312 g/mol. The summed E-state index contributed by atoms with van der Waals surface area (Å²) in [5, 5.41) is 10.2. The minimum atomic E-state index is -0.307. The third-order valence-corrected chi connectivity index (χ3v) is 3.24. The molecule has 2 heterocycles. The van der Waals surface area contributed by atoms with Crippen molar-refractivity contribution >= 4 is 22.5 Å². The number of aromatic amines is 1. The van der Waals surface area contributed by atoms with E-state index < -0.39 is 0 Å². The van der Waals surface area contributed by atoms with E-state index in [1.165, 1.54) is 0 Å². The lowest BCUT2D eigenvalue weighted by molar-refractivity contribution is 0.102. The summed E-state index contributed by atoms with van der Waals surface area (Å²) in [6.45, 7) is 2.34. The van der Waals surface area contributed by atoms with Crippen molar-refractivity contribution < 1.29 is 14.3 Å². The molecule has 0 bridgehead atoms. The van der Waals surface area contributed by atoms with Gasteiger partial charge in [-0.1, -0.05) is 0 Å². The normalized spacial score (nSPS) is 10.5. The molecule has 0 saturated carbocycles. The Bertz CT molecular complexity index is 844. The number of nitrogens with one attached hydrogen (secondary N) is 2. The van der Waals surface area contributed by atoms with Gasteiger partial charge < -0.3 is 14.8 Å². The Morgan fingerprint density at radius 1 is 1.30 bits per heavy atom. The summed E-state index contributed by atoms with van der Waals surface area (Å²) in [6, 6.07) is 8.97. The van der Waals surface area contributed by atoms with Gasteiger partial charge in [-0.25, -0.2) is 0 Å². The van der Waals surface area contributed by atoms with Crippen LogP contribution < -0.4 is 14.8 Å². The molecule has 0 atom stereocenters. The van der Waals surface area contributed by atoms with Crippen molar-refractivity contribution in [1.82, 2.24) is 15.2 Å². The van der Waals surface area contributed by atoms with Gasteiger partial charge in [0.15, 0.2) is 0 Å². The molecule has 2 N–H and O–H groups in total. The number of benzene rings is 1. The quantitative estimate of drug-likeness (QED) is 0.756. The molecule has 0 aliphatic heterocycles. The Labute approximate surface area is 132 Å². The number of nitrogens with zero attached hydrogens (tertiary/aromatic N) is 2. The fourth-order valence-electron chi connectivity index (χ4n) is 2.14. The average molecular weight is 312 g/mol. The molecule has 0 saturated heterocycles. The summed E-state index contributed by atoms with van der Waals surface area (Å²) in [7, 11) is 1.61. The van der Waals surface area contributed by atoms with Gasteiger partial charge in [0.25, 0.3) is 5.91 Å². The van der Waals surface area contributed by atoms with Crippen LogP contribution in [0.5, 0.6) is 11.6 Å². The standard InChI is InChI=1S/C16H16N4O3/c1-3-23-15-8-14(19-20-15)16(21)18-11-6-10-4-5-12(22-2)7-13(10)17-9-11/h4-9H,3H2,1-2H3,(H,18,21)(H,19,20). The summed E-state index contributed by atoms with van der Waals surface area (Å²) in [5.41, 5.74) is 1.71. The van der Waals surface area contributed by atoms with E-state index in [2.05, 4.69) is 20.5 Å². The number of hydrogen-bond acceptors (Lipinski definition) is 5. The molecule has 0 spiro atoms. The van der Waals surface area contributed by atoms with Gasteiger partial charge in [-0.05, 0) is 25.1 Å². The summed E-state index contributed by atoms with van der Waals surface area (Å²) in [5.74, 6) is 0.821. The highest BCUT2D eigenvalue weighted by Crippen LogP contribution is 2.22. The fourth-order valence-corrected chi connectivity index (χ4v) is 2.14. The zero-order chi connectivity index (χ0) is 16.2. The van der Waals surface area contributed by atoms with Gasteiger partial charge in [-0.2, -0.15) is 0 Å². The van der Waals surface area contributed by atoms with E-state index in [-0.39, 0.29) is 5.91 Å². The number of methoxy groups -OCH3 is 1. The predicted octanol–water partition coefficient (Wildman–Crippen LogP) is 2.62. The molecule has 23 heavy (non-hydrogen) atoms. The minimum absolute atomic E-state index is 0.307. The van der Waals surface area contributed by atoms with Crippen LogP contribution >= 0.6 is 0 Å². The number of aromatic nitrogens is 3. The molecule has 7 nitrogen and oxygen atoms in total. The first-order chi connectivity index (χ1) is 11.2. The van der Waals surface area contributed by atoms with E-state index in [1.54, 1.807) is 19.4 Å². The molecule has 0 unspecified atom stereocenters. The van der Waals surface area contributed by atoms with E-state index >= 15 is 0 Å². The number of carbonyl (C=O) groups excluding carboxylic acids is 1. The first-order valence-electron chi connectivity index (χ1n) is 7.13. The largest absolute Gasteiger partial charge is 0.497 e.